The third-order valence-electron chi connectivity index (χ3n) is 5.11. The molecule has 112 valence electrons. The lowest BCUT2D eigenvalue weighted by Gasteiger charge is -2.38. The van der Waals surface area contributed by atoms with E-state index >= 15 is 0 Å². The van der Waals surface area contributed by atoms with Crippen molar-refractivity contribution >= 4 is 11.6 Å². The number of β-amino-alcohol motifs (C(OH)–C–C–N with tert-alkyl or cyclic N) is 1. The molecule has 3 nitrogen and oxygen atoms in total. The van der Waals surface area contributed by atoms with Gasteiger partial charge in [-0.2, -0.15) is 0 Å². The summed E-state index contributed by atoms with van der Waals surface area (Å²) in [5.41, 5.74) is 1.56. The van der Waals surface area contributed by atoms with Gasteiger partial charge in [-0.1, -0.05) is 38.1 Å². The van der Waals surface area contributed by atoms with Gasteiger partial charge in [0.25, 0.3) is 5.91 Å². The second-order valence-corrected chi connectivity index (χ2v) is 6.46. The van der Waals surface area contributed by atoms with E-state index in [1.807, 2.05) is 24.3 Å². The van der Waals surface area contributed by atoms with Crippen LogP contribution in [0.4, 0.5) is 0 Å². The predicted octanol–water partition coefficient (Wildman–Crippen LogP) is 3.44. The highest BCUT2D eigenvalue weighted by Crippen LogP contribution is 2.38. The summed E-state index contributed by atoms with van der Waals surface area (Å²) in [5.74, 6) is 0.696. The Morgan fingerprint density at radius 3 is 2.48 bits per heavy atom. The Balaban J connectivity index is 1.75. The number of carbonyl (C=O) groups excluding carboxylic acids is 1. The average Bonchev–Trinajstić information content (AvgIpc) is 2.74. The van der Waals surface area contributed by atoms with Crippen molar-refractivity contribution in [1.82, 2.24) is 4.90 Å². The largest absolute Gasteiger partial charge is 0.388 e. The van der Waals surface area contributed by atoms with Crippen molar-refractivity contribution in [2.45, 2.75) is 44.6 Å². The Labute approximate surface area is 126 Å². The first-order valence-corrected chi connectivity index (χ1v) is 7.86. The molecule has 1 aliphatic carbocycles. The number of carbonyl (C=O) groups is 1. The number of amides is 1. The highest BCUT2D eigenvalue weighted by Gasteiger charge is 2.39. The summed E-state index contributed by atoms with van der Waals surface area (Å²) in [5, 5.41) is 10.8. The average molecular weight is 285 g/mol. The SMILES string of the molecule is C=C1c2ccccc2C(=O)N1CC1(O)CCC(CC)CC1. The Morgan fingerprint density at radius 1 is 1.29 bits per heavy atom. The summed E-state index contributed by atoms with van der Waals surface area (Å²) in [6, 6.07) is 7.55. The molecule has 21 heavy (non-hydrogen) atoms. The van der Waals surface area contributed by atoms with Crippen molar-refractivity contribution < 1.29 is 9.90 Å². The highest BCUT2D eigenvalue weighted by molar-refractivity contribution is 6.08. The lowest BCUT2D eigenvalue weighted by Crippen LogP contribution is -2.45. The Hall–Kier alpha value is -1.61. The van der Waals surface area contributed by atoms with E-state index in [4.69, 9.17) is 0 Å². The van der Waals surface area contributed by atoms with Crippen LogP contribution in [0.15, 0.2) is 30.8 Å². The monoisotopic (exact) mass is 285 g/mol. The van der Waals surface area contributed by atoms with Crippen molar-refractivity contribution in [3.05, 3.63) is 42.0 Å². The molecule has 2 aliphatic rings. The molecule has 0 aromatic heterocycles. The van der Waals surface area contributed by atoms with Gasteiger partial charge in [0, 0.05) is 16.8 Å². The molecule has 1 amide bonds. The van der Waals surface area contributed by atoms with E-state index in [1.165, 1.54) is 6.42 Å². The van der Waals surface area contributed by atoms with Gasteiger partial charge in [-0.15, -0.1) is 0 Å². The fraction of sp³-hybridized carbons (Fsp3) is 0.500. The van der Waals surface area contributed by atoms with Gasteiger partial charge in [0.2, 0.25) is 0 Å². The number of rotatable bonds is 3. The van der Waals surface area contributed by atoms with Crippen molar-refractivity contribution in [2.75, 3.05) is 6.54 Å². The molecule has 1 aromatic rings. The molecular formula is C18H23NO2. The van der Waals surface area contributed by atoms with Crippen LogP contribution in [0.1, 0.15) is 54.9 Å². The summed E-state index contributed by atoms with van der Waals surface area (Å²) < 4.78 is 0. The lowest BCUT2D eigenvalue weighted by molar-refractivity contribution is -0.0232. The minimum atomic E-state index is -0.758. The summed E-state index contributed by atoms with van der Waals surface area (Å²) >= 11 is 0. The number of aliphatic hydroxyl groups is 1. The van der Waals surface area contributed by atoms with E-state index in [0.717, 1.165) is 42.9 Å². The number of nitrogens with zero attached hydrogens (tertiary/aromatic N) is 1. The van der Waals surface area contributed by atoms with E-state index in [0.29, 0.717) is 12.1 Å². The van der Waals surface area contributed by atoms with Crippen LogP contribution in [0.3, 0.4) is 0 Å². The molecule has 0 radical (unpaired) electrons. The normalized spacial score (nSPS) is 28.9. The fourth-order valence-electron chi connectivity index (χ4n) is 3.58. The minimum Gasteiger partial charge on any atom is -0.388 e. The number of hydrogen-bond acceptors (Lipinski definition) is 2. The molecular weight excluding hydrogens is 262 g/mol. The molecule has 1 aliphatic heterocycles. The predicted molar refractivity (Wildman–Crippen MR) is 83.7 cm³/mol. The summed E-state index contributed by atoms with van der Waals surface area (Å²) in [7, 11) is 0. The van der Waals surface area contributed by atoms with Gasteiger partial charge >= 0.3 is 0 Å². The molecule has 1 heterocycles. The van der Waals surface area contributed by atoms with Gasteiger partial charge in [-0.05, 0) is 37.7 Å². The van der Waals surface area contributed by atoms with Gasteiger partial charge in [-0.25, -0.2) is 0 Å². The van der Waals surface area contributed by atoms with E-state index < -0.39 is 5.60 Å². The van der Waals surface area contributed by atoms with Crippen LogP contribution in [0.5, 0.6) is 0 Å². The molecule has 0 saturated heterocycles. The number of hydrogen-bond donors (Lipinski definition) is 1. The number of benzene rings is 1. The zero-order valence-corrected chi connectivity index (χ0v) is 12.6. The van der Waals surface area contributed by atoms with Crippen LogP contribution in [0, 0.1) is 5.92 Å². The van der Waals surface area contributed by atoms with Crippen molar-refractivity contribution in [1.29, 1.82) is 0 Å². The van der Waals surface area contributed by atoms with Crippen LogP contribution in [0.25, 0.3) is 5.70 Å². The van der Waals surface area contributed by atoms with Gasteiger partial charge in [0.1, 0.15) is 0 Å². The zero-order valence-electron chi connectivity index (χ0n) is 12.6. The molecule has 1 aromatic carbocycles. The first-order valence-electron chi connectivity index (χ1n) is 7.86. The summed E-state index contributed by atoms with van der Waals surface area (Å²) in [6.45, 7) is 6.63. The molecule has 3 heteroatoms. The molecule has 0 unspecified atom stereocenters. The maximum Gasteiger partial charge on any atom is 0.259 e. The fourth-order valence-corrected chi connectivity index (χ4v) is 3.58. The van der Waals surface area contributed by atoms with Crippen molar-refractivity contribution in [2.24, 2.45) is 5.92 Å². The van der Waals surface area contributed by atoms with Gasteiger partial charge in [0.15, 0.2) is 0 Å². The molecule has 0 bridgehead atoms. The second-order valence-electron chi connectivity index (χ2n) is 6.46. The van der Waals surface area contributed by atoms with Gasteiger partial charge in [0.05, 0.1) is 12.1 Å². The number of fused-ring (bicyclic) bond motifs is 1. The Bertz CT molecular complexity index is 535. The van der Waals surface area contributed by atoms with Crippen molar-refractivity contribution in [3.8, 4) is 0 Å². The summed E-state index contributed by atoms with van der Waals surface area (Å²) in [6.07, 6.45) is 4.83. The maximum absolute atomic E-state index is 12.5. The second kappa shape index (κ2) is 5.30. The molecule has 1 N–H and O–H groups in total. The van der Waals surface area contributed by atoms with E-state index in [1.54, 1.807) is 4.90 Å². The third kappa shape index (κ3) is 2.51. The quantitative estimate of drug-likeness (QED) is 0.924. The summed E-state index contributed by atoms with van der Waals surface area (Å²) in [4.78, 5) is 14.2. The molecule has 0 atom stereocenters. The van der Waals surface area contributed by atoms with Crippen LogP contribution < -0.4 is 0 Å². The first-order chi connectivity index (χ1) is 10.0. The van der Waals surface area contributed by atoms with Crippen LogP contribution >= 0.6 is 0 Å². The van der Waals surface area contributed by atoms with Gasteiger partial charge in [-0.3, -0.25) is 4.79 Å². The highest BCUT2D eigenvalue weighted by atomic mass is 16.3. The van der Waals surface area contributed by atoms with Crippen LogP contribution in [-0.4, -0.2) is 28.1 Å². The smallest absolute Gasteiger partial charge is 0.259 e. The topological polar surface area (TPSA) is 40.5 Å². The molecule has 3 rings (SSSR count). The van der Waals surface area contributed by atoms with Crippen LogP contribution in [0.2, 0.25) is 0 Å². The maximum atomic E-state index is 12.5. The standard InChI is InChI=1S/C18H23NO2/c1-3-14-8-10-18(21,11-9-14)12-19-13(2)15-6-4-5-7-16(15)17(19)20/h4-7,14,21H,2-3,8-12H2,1H3. The van der Waals surface area contributed by atoms with E-state index in [9.17, 15) is 9.90 Å². The molecule has 1 fully saturated rings. The van der Waals surface area contributed by atoms with Crippen LogP contribution in [-0.2, 0) is 0 Å². The van der Waals surface area contributed by atoms with E-state index in [2.05, 4.69) is 13.5 Å². The molecule has 0 spiro atoms. The lowest BCUT2D eigenvalue weighted by atomic mass is 9.77. The van der Waals surface area contributed by atoms with E-state index in [-0.39, 0.29) is 5.91 Å². The zero-order chi connectivity index (χ0) is 15.0. The Morgan fingerprint density at radius 2 is 1.90 bits per heavy atom. The van der Waals surface area contributed by atoms with Crippen molar-refractivity contribution in [3.63, 3.8) is 0 Å². The molecule has 1 saturated carbocycles. The first kappa shape index (κ1) is 14.3. The third-order valence-corrected chi connectivity index (χ3v) is 5.11. The Kier molecular flexibility index (Phi) is 3.62. The van der Waals surface area contributed by atoms with Gasteiger partial charge < -0.3 is 10.0 Å². The minimum absolute atomic E-state index is 0.0263.